The predicted octanol–water partition coefficient (Wildman–Crippen LogP) is 20.9. The van der Waals surface area contributed by atoms with E-state index in [0.29, 0.717) is 0 Å². The van der Waals surface area contributed by atoms with Crippen molar-refractivity contribution in [3.63, 3.8) is 0 Å². The van der Waals surface area contributed by atoms with E-state index in [9.17, 15) is 0 Å². The highest BCUT2D eigenvalue weighted by Gasteiger charge is 2.24. The van der Waals surface area contributed by atoms with Gasteiger partial charge in [0.25, 0.3) is 0 Å². The van der Waals surface area contributed by atoms with Gasteiger partial charge in [-0.25, -0.2) is 0 Å². The van der Waals surface area contributed by atoms with E-state index in [0.717, 1.165) is 95.0 Å². The molecule has 0 aliphatic heterocycles. The van der Waals surface area contributed by atoms with E-state index in [1.54, 1.807) is 0 Å². The number of aromatic nitrogens is 1. The van der Waals surface area contributed by atoms with Crippen LogP contribution in [0.25, 0.3) is 104 Å². The molecule has 78 heavy (non-hydrogen) atoms. The van der Waals surface area contributed by atoms with Crippen molar-refractivity contribution >= 4 is 99.4 Å². The number of rotatable bonds is 10. The molecule has 0 atom stereocenters. The molecule has 0 aliphatic carbocycles. The minimum atomic E-state index is 0.848. The van der Waals surface area contributed by atoms with Gasteiger partial charge in [0.2, 0.25) is 0 Å². The Balaban J connectivity index is 1.02. The monoisotopic (exact) mass is 995 g/mol. The van der Waals surface area contributed by atoms with Crippen LogP contribution in [0.15, 0.2) is 302 Å². The van der Waals surface area contributed by atoms with Crippen LogP contribution in [0.1, 0.15) is 0 Å². The van der Waals surface area contributed by atoms with E-state index in [4.69, 9.17) is 4.42 Å². The van der Waals surface area contributed by atoms with E-state index in [2.05, 4.69) is 306 Å². The van der Waals surface area contributed by atoms with Crippen LogP contribution >= 0.6 is 0 Å². The van der Waals surface area contributed by atoms with Crippen LogP contribution in [0.2, 0.25) is 0 Å². The molecule has 0 aliphatic rings. The normalized spacial score (nSPS) is 11.6. The Bertz CT molecular complexity index is 4630. The lowest BCUT2D eigenvalue weighted by molar-refractivity contribution is 0.669. The minimum absolute atomic E-state index is 0.848. The molecule has 15 rings (SSSR count). The molecular weight excluding hydrogens is 947 g/mol. The number of furan rings is 1. The Labute approximate surface area is 452 Å². The van der Waals surface area contributed by atoms with Gasteiger partial charge in [-0.3, -0.25) is 0 Å². The smallest absolute Gasteiger partial charge is 0.135 e. The Morgan fingerprint density at radius 3 is 1.40 bits per heavy atom. The molecule has 0 saturated heterocycles. The molecule has 2 heterocycles. The molecule has 0 N–H and O–H groups in total. The van der Waals surface area contributed by atoms with Gasteiger partial charge in [0, 0.05) is 61.4 Å². The summed E-state index contributed by atoms with van der Waals surface area (Å²) in [5.41, 5.74) is 18.2. The van der Waals surface area contributed by atoms with Gasteiger partial charge in [-0.2, -0.15) is 0 Å². The molecule has 4 nitrogen and oxygen atoms in total. The molecular formula is C74H49N3O. The molecule has 0 bridgehead atoms. The summed E-state index contributed by atoms with van der Waals surface area (Å²) in [6.07, 6.45) is 0. The van der Waals surface area contributed by atoms with Gasteiger partial charge >= 0.3 is 0 Å². The number of nitrogens with zero attached hydrogens (tertiary/aromatic N) is 3. The largest absolute Gasteiger partial charge is 0.456 e. The van der Waals surface area contributed by atoms with Crippen LogP contribution in [-0.4, -0.2) is 4.57 Å². The third-order valence-electron chi connectivity index (χ3n) is 15.5. The van der Waals surface area contributed by atoms with Gasteiger partial charge < -0.3 is 18.8 Å². The number of hydrogen-bond acceptors (Lipinski definition) is 3. The lowest BCUT2D eigenvalue weighted by atomic mass is 9.92. The standard InChI is InChI=1S/C74H49N3O/c1-4-18-50(19-5-1)52-32-36-57(37-33-52)75(58-38-34-53(35-39-58)51-20-6-2-7-21-51)61-44-55(69-46-54-22-10-11-25-63(54)64-26-12-13-27-65(64)69)45-62(47-61)76(59-41-43-74-70(48-59)68-29-15-17-31-73(68)78-74)60-40-42-67-66-28-14-16-30-71(66)77(72(67)49-60)56-23-8-3-9-24-56/h1-49H. The molecule has 0 unspecified atom stereocenters. The van der Waals surface area contributed by atoms with Gasteiger partial charge in [-0.15, -0.1) is 0 Å². The Morgan fingerprint density at radius 1 is 0.244 bits per heavy atom. The van der Waals surface area contributed by atoms with Gasteiger partial charge in [0.1, 0.15) is 11.2 Å². The fourth-order valence-electron chi connectivity index (χ4n) is 11.9. The molecule has 0 amide bonds. The van der Waals surface area contributed by atoms with Crippen LogP contribution in [-0.2, 0) is 0 Å². The van der Waals surface area contributed by atoms with Crippen molar-refractivity contribution in [2.24, 2.45) is 0 Å². The molecule has 15 aromatic rings. The maximum absolute atomic E-state index is 6.50. The zero-order chi connectivity index (χ0) is 51.5. The highest BCUT2D eigenvalue weighted by molar-refractivity contribution is 6.15. The van der Waals surface area contributed by atoms with Crippen LogP contribution < -0.4 is 9.80 Å². The third-order valence-corrected chi connectivity index (χ3v) is 15.5. The summed E-state index contributed by atoms with van der Waals surface area (Å²) in [6, 6.07) is 108. The van der Waals surface area contributed by atoms with Crippen LogP contribution in [0.5, 0.6) is 0 Å². The fraction of sp³-hybridized carbons (Fsp3) is 0. The molecule has 0 saturated carbocycles. The molecule has 0 spiro atoms. The fourth-order valence-corrected chi connectivity index (χ4v) is 11.9. The van der Waals surface area contributed by atoms with Crippen molar-refractivity contribution in [2.75, 3.05) is 9.80 Å². The predicted molar refractivity (Wildman–Crippen MR) is 329 cm³/mol. The van der Waals surface area contributed by atoms with Crippen molar-refractivity contribution in [3.05, 3.63) is 297 Å². The van der Waals surface area contributed by atoms with Crippen LogP contribution in [0.4, 0.5) is 34.1 Å². The lowest BCUT2D eigenvalue weighted by Crippen LogP contribution is -2.14. The van der Waals surface area contributed by atoms with Crippen LogP contribution in [0.3, 0.4) is 0 Å². The van der Waals surface area contributed by atoms with Gasteiger partial charge in [0.05, 0.1) is 11.0 Å². The van der Waals surface area contributed by atoms with E-state index in [1.807, 2.05) is 6.07 Å². The molecule has 4 heteroatoms. The second kappa shape index (κ2) is 18.7. The lowest BCUT2D eigenvalue weighted by Gasteiger charge is -2.31. The van der Waals surface area contributed by atoms with E-state index in [1.165, 1.54) is 43.4 Å². The quantitative estimate of drug-likeness (QED) is 0.128. The summed E-state index contributed by atoms with van der Waals surface area (Å²) >= 11 is 0. The first-order chi connectivity index (χ1) is 38.7. The average Bonchev–Trinajstić information content (AvgIpc) is 4.15. The molecule has 0 radical (unpaired) electrons. The molecule has 2 aromatic heterocycles. The van der Waals surface area contributed by atoms with Gasteiger partial charge in [-0.1, -0.05) is 194 Å². The molecule has 13 aromatic carbocycles. The first kappa shape index (κ1) is 45.0. The SMILES string of the molecule is c1ccc(-c2ccc(N(c3ccc(-c4ccccc4)cc3)c3cc(-c4cc5ccccc5c5ccccc45)cc(N(c4ccc5oc6ccccc6c5c4)c4ccc5c6ccccc6n(-c6ccccc6)c5c4)c3)cc2)cc1. The number of hydrogen-bond donors (Lipinski definition) is 0. The van der Waals surface area contributed by atoms with Crippen molar-refractivity contribution in [1.82, 2.24) is 4.57 Å². The maximum atomic E-state index is 6.50. The van der Waals surface area contributed by atoms with Crippen molar-refractivity contribution in [1.29, 1.82) is 0 Å². The zero-order valence-electron chi connectivity index (χ0n) is 42.5. The zero-order valence-corrected chi connectivity index (χ0v) is 42.5. The maximum Gasteiger partial charge on any atom is 0.135 e. The highest BCUT2D eigenvalue weighted by Crippen LogP contribution is 2.48. The first-order valence-electron chi connectivity index (χ1n) is 26.6. The third kappa shape index (κ3) is 7.77. The van der Waals surface area contributed by atoms with Crippen LogP contribution in [0, 0.1) is 0 Å². The van der Waals surface area contributed by atoms with Crippen molar-refractivity contribution < 1.29 is 4.42 Å². The van der Waals surface area contributed by atoms with E-state index < -0.39 is 0 Å². The second-order valence-corrected chi connectivity index (χ2v) is 20.1. The summed E-state index contributed by atoms with van der Waals surface area (Å²) in [7, 11) is 0. The topological polar surface area (TPSA) is 24.6 Å². The van der Waals surface area contributed by atoms with Gasteiger partial charge in [0.15, 0.2) is 0 Å². The highest BCUT2D eigenvalue weighted by atomic mass is 16.3. The number of fused-ring (bicyclic) bond motifs is 9. The molecule has 0 fully saturated rings. The van der Waals surface area contributed by atoms with Crippen molar-refractivity contribution in [2.45, 2.75) is 0 Å². The average molecular weight is 996 g/mol. The number of anilines is 6. The second-order valence-electron chi connectivity index (χ2n) is 20.1. The Morgan fingerprint density at radius 2 is 0.718 bits per heavy atom. The van der Waals surface area contributed by atoms with E-state index in [-0.39, 0.29) is 0 Å². The summed E-state index contributed by atoms with van der Waals surface area (Å²) in [5, 5.41) is 9.37. The Kier molecular flexibility index (Phi) is 10.8. The summed E-state index contributed by atoms with van der Waals surface area (Å²) in [6.45, 7) is 0. The van der Waals surface area contributed by atoms with Gasteiger partial charge in [-0.05, 0) is 158 Å². The summed E-state index contributed by atoms with van der Waals surface area (Å²) in [4.78, 5) is 4.86. The Hall–Kier alpha value is -10.4. The minimum Gasteiger partial charge on any atom is -0.456 e. The van der Waals surface area contributed by atoms with E-state index >= 15 is 0 Å². The first-order valence-corrected chi connectivity index (χ1v) is 26.6. The number of para-hydroxylation sites is 3. The summed E-state index contributed by atoms with van der Waals surface area (Å²) < 4.78 is 8.91. The number of benzene rings is 13. The molecule has 366 valence electrons. The van der Waals surface area contributed by atoms with Crippen molar-refractivity contribution in [3.8, 4) is 39.1 Å². The summed E-state index contributed by atoms with van der Waals surface area (Å²) in [5.74, 6) is 0.